The predicted octanol–water partition coefficient (Wildman–Crippen LogP) is 4.76. The smallest absolute Gasteiger partial charge is 0.308 e. The molecule has 3 aromatic rings. The van der Waals surface area contributed by atoms with Gasteiger partial charge in [0.15, 0.2) is 0 Å². The van der Waals surface area contributed by atoms with Crippen LogP contribution in [-0.2, 0) is 16.1 Å². The number of aliphatic hydroxyl groups excluding tert-OH is 1. The van der Waals surface area contributed by atoms with E-state index in [9.17, 15) is 19.1 Å². The first-order chi connectivity index (χ1) is 17.2. The summed E-state index contributed by atoms with van der Waals surface area (Å²) in [6, 6.07) is 15.5. The number of imidazole rings is 1. The van der Waals surface area contributed by atoms with E-state index in [1.54, 1.807) is 12.1 Å². The molecule has 1 aliphatic rings. The normalized spacial score (nSPS) is 18.7. The van der Waals surface area contributed by atoms with Gasteiger partial charge in [-0.1, -0.05) is 44.2 Å². The molecule has 36 heavy (non-hydrogen) atoms. The molecule has 0 radical (unpaired) electrons. The van der Waals surface area contributed by atoms with Gasteiger partial charge in [0.05, 0.1) is 24.3 Å². The van der Waals surface area contributed by atoms with E-state index in [2.05, 4.69) is 5.32 Å². The monoisotopic (exact) mass is 493 g/mol. The van der Waals surface area contributed by atoms with Gasteiger partial charge in [-0.25, -0.2) is 9.37 Å². The van der Waals surface area contributed by atoms with Crippen LogP contribution in [0.4, 0.5) is 4.39 Å². The number of rotatable bonds is 8. The number of aromatic nitrogens is 2. The first-order valence-electron chi connectivity index (χ1n) is 12.3. The van der Waals surface area contributed by atoms with Gasteiger partial charge in [-0.2, -0.15) is 0 Å². The number of carbonyl (C=O) groups is 2. The SMILES string of the molecule is CC(C)c1c(C(=O)N[C@@H](C)c2ccccc2)nc(-c2ccc(F)cc2)n1CC[C@@H]1C[C@@H](O)CC(=O)O1. The number of benzene rings is 2. The van der Waals surface area contributed by atoms with Crippen molar-refractivity contribution in [2.45, 2.75) is 70.7 Å². The molecule has 3 atom stereocenters. The average Bonchev–Trinajstić information content (AvgIpc) is 3.23. The highest BCUT2D eigenvalue weighted by Gasteiger charge is 2.30. The molecule has 0 bridgehead atoms. The molecule has 1 fully saturated rings. The lowest BCUT2D eigenvalue weighted by Crippen LogP contribution is -2.33. The van der Waals surface area contributed by atoms with Crippen LogP contribution in [0.15, 0.2) is 54.6 Å². The summed E-state index contributed by atoms with van der Waals surface area (Å²) >= 11 is 0. The number of nitrogens with zero attached hydrogens (tertiary/aromatic N) is 2. The Bertz CT molecular complexity index is 1210. The minimum atomic E-state index is -0.721. The van der Waals surface area contributed by atoms with Crippen LogP contribution in [0, 0.1) is 5.82 Å². The number of ether oxygens (including phenoxy) is 1. The second kappa shape index (κ2) is 11.0. The number of cyclic esters (lactones) is 1. The molecule has 0 unspecified atom stereocenters. The molecule has 1 amide bonds. The zero-order chi connectivity index (χ0) is 25.8. The topological polar surface area (TPSA) is 93.5 Å². The summed E-state index contributed by atoms with van der Waals surface area (Å²) in [6.45, 7) is 6.32. The summed E-state index contributed by atoms with van der Waals surface area (Å²) in [5.41, 5.74) is 2.71. The molecule has 4 rings (SSSR count). The zero-order valence-corrected chi connectivity index (χ0v) is 20.8. The zero-order valence-electron chi connectivity index (χ0n) is 20.8. The molecule has 2 heterocycles. The fraction of sp³-hybridized carbons (Fsp3) is 0.393. The average molecular weight is 494 g/mol. The van der Waals surface area contributed by atoms with E-state index in [0.29, 0.717) is 36.5 Å². The number of carbonyl (C=O) groups excluding carboxylic acids is 2. The lowest BCUT2D eigenvalue weighted by Gasteiger charge is -2.26. The maximum atomic E-state index is 13.6. The third-order valence-corrected chi connectivity index (χ3v) is 6.43. The molecule has 190 valence electrons. The summed E-state index contributed by atoms with van der Waals surface area (Å²) in [7, 11) is 0. The van der Waals surface area contributed by atoms with Crippen molar-refractivity contribution in [2.75, 3.05) is 0 Å². The summed E-state index contributed by atoms with van der Waals surface area (Å²) in [4.78, 5) is 30.0. The van der Waals surface area contributed by atoms with Gasteiger partial charge in [0.25, 0.3) is 5.91 Å². The number of hydrogen-bond acceptors (Lipinski definition) is 5. The van der Waals surface area contributed by atoms with E-state index in [1.807, 2.05) is 55.7 Å². The van der Waals surface area contributed by atoms with Gasteiger partial charge in [-0.05, 0) is 42.7 Å². The fourth-order valence-electron chi connectivity index (χ4n) is 4.66. The van der Waals surface area contributed by atoms with Crippen molar-refractivity contribution in [3.8, 4) is 11.4 Å². The third kappa shape index (κ3) is 5.82. The molecular weight excluding hydrogens is 461 g/mol. The van der Waals surface area contributed by atoms with E-state index in [1.165, 1.54) is 12.1 Å². The van der Waals surface area contributed by atoms with Crippen LogP contribution in [0.1, 0.15) is 73.7 Å². The van der Waals surface area contributed by atoms with Crippen LogP contribution in [0.3, 0.4) is 0 Å². The summed E-state index contributed by atoms with van der Waals surface area (Å²) in [6.07, 6.45) is -0.329. The highest BCUT2D eigenvalue weighted by Crippen LogP contribution is 2.30. The molecular formula is C28H32FN3O4. The van der Waals surface area contributed by atoms with E-state index in [-0.39, 0.29) is 30.1 Å². The van der Waals surface area contributed by atoms with Crippen LogP contribution in [-0.4, -0.2) is 38.7 Å². The second-order valence-electron chi connectivity index (χ2n) is 9.58. The molecule has 7 nitrogen and oxygen atoms in total. The molecule has 0 aliphatic carbocycles. The van der Waals surface area contributed by atoms with E-state index in [4.69, 9.17) is 9.72 Å². The van der Waals surface area contributed by atoms with Gasteiger partial charge in [-0.15, -0.1) is 0 Å². The van der Waals surface area contributed by atoms with Crippen molar-refractivity contribution in [1.82, 2.24) is 14.9 Å². The van der Waals surface area contributed by atoms with Crippen LogP contribution in [0.2, 0.25) is 0 Å². The summed E-state index contributed by atoms with van der Waals surface area (Å²) in [5, 5.41) is 13.0. The Balaban J connectivity index is 1.68. The maximum Gasteiger partial charge on any atom is 0.308 e. The lowest BCUT2D eigenvalue weighted by atomic mass is 10.0. The minimum Gasteiger partial charge on any atom is -0.462 e. The second-order valence-corrected chi connectivity index (χ2v) is 9.58. The molecule has 0 spiro atoms. The standard InChI is InChI=1S/C28H32FN3O4/c1-17(2)26-25(28(35)30-18(3)19-7-5-4-6-8-19)31-27(20-9-11-21(29)12-10-20)32(26)14-13-23-15-22(33)16-24(34)36-23/h4-12,17-18,22-23,33H,13-16H2,1-3H3,(H,30,35)/t18-,22+,23+/m0/s1. The van der Waals surface area contributed by atoms with Crippen LogP contribution < -0.4 is 5.32 Å². The van der Waals surface area contributed by atoms with E-state index < -0.39 is 18.2 Å². The lowest BCUT2D eigenvalue weighted by molar-refractivity contribution is -0.160. The van der Waals surface area contributed by atoms with Gasteiger partial charge in [0, 0.05) is 24.9 Å². The summed E-state index contributed by atoms with van der Waals surface area (Å²) < 4.78 is 21.0. The quantitative estimate of drug-likeness (QED) is 0.442. The molecule has 8 heteroatoms. The first-order valence-corrected chi connectivity index (χ1v) is 12.3. The van der Waals surface area contributed by atoms with Gasteiger partial charge in [0.2, 0.25) is 0 Å². The molecule has 1 saturated heterocycles. The van der Waals surface area contributed by atoms with Crippen molar-refractivity contribution in [2.24, 2.45) is 0 Å². The van der Waals surface area contributed by atoms with Crippen molar-refractivity contribution >= 4 is 11.9 Å². The Morgan fingerprint density at radius 1 is 1.17 bits per heavy atom. The van der Waals surface area contributed by atoms with E-state index >= 15 is 0 Å². The van der Waals surface area contributed by atoms with Crippen LogP contribution >= 0.6 is 0 Å². The Kier molecular flexibility index (Phi) is 7.84. The predicted molar refractivity (Wildman–Crippen MR) is 134 cm³/mol. The maximum absolute atomic E-state index is 13.6. The van der Waals surface area contributed by atoms with Gasteiger partial charge >= 0.3 is 5.97 Å². The Morgan fingerprint density at radius 3 is 2.50 bits per heavy atom. The fourth-order valence-corrected chi connectivity index (χ4v) is 4.66. The van der Waals surface area contributed by atoms with E-state index in [0.717, 1.165) is 11.3 Å². The molecule has 2 aromatic carbocycles. The van der Waals surface area contributed by atoms with Crippen molar-refractivity contribution < 1.29 is 23.8 Å². The highest BCUT2D eigenvalue weighted by molar-refractivity contribution is 5.94. The number of halogens is 1. The number of aliphatic hydroxyl groups is 1. The minimum absolute atomic E-state index is 0.00354. The van der Waals surface area contributed by atoms with Crippen molar-refractivity contribution in [1.29, 1.82) is 0 Å². The molecule has 0 saturated carbocycles. The molecule has 2 N–H and O–H groups in total. The first kappa shape index (κ1) is 25.6. The van der Waals surface area contributed by atoms with Gasteiger partial charge in [0.1, 0.15) is 23.4 Å². The number of amides is 1. The number of esters is 1. The third-order valence-electron chi connectivity index (χ3n) is 6.43. The molecule has 1 aliphatic heterocycles. The Hall–Kier alpha value is -3.52. The number of hydrogen-bond donors (Lipinski definition) is 2. The van der Waals surface area contributed by atoms with Crippen molar-refractivity contribution in [3.05, 3.63) is 77.4 Å². The van der Waals surface area contributed by atoms with Gasteiger partial charge in [-0.3, -0.25) is 9.59 Å². The summed E-state index contributed by atoms with van der Waals surface area (Å²) in [5.74, 6) is -0.574. The van der Waals surface area contributed by atoms with Crippen LogP contribution in [0.5, 0.6) is 0 Å². The Morgan fingerprint density at radius 2 is 1.86 bits per heavy atom. The largest absolute Gasteiger partial charge is 0.462 e. The van der Waals surface area contributed by atoms with Crippen LogP contribution in [0.25, 0.3) is 11.4 Å². The molecule has 1 aromatic heterocycles. The highest BCUT2D eigenvalue weighted by atomic mass is 19.1. The Labute approximate surface area is 210 Å². The van der Waals surface area contributed by atoms with Crippen molar-refractivity contribution in [3.63, 3.8) is 0 Å². The van der Waals surface area contributed by atoms with Gasteiger partial charge < -0.3 is 19.7 Å². The number of nitrogens with one attached hydrogen (secondary N) is 1.